The minimum absolute atomic E-state index is 0.102. The van der Waals surface area contributed by atoms with E-state index in [9.17, 15) is 65.8 Å². The number of cyclic esters (lactones) is 1. The molecule has 0 aromatic carbocycles. The van der Waals surface area contributed by atoms with Crippen LogP contribution >= 0.6 is 0 Å². The molecule has 2 bridgehead atoms. The molecule has 18 atom stereocenters. The van der Waals surface area contributed by atoms with Crippen LogP contribution in [0.5, 0.6) is 0 Å². The number of amides is 1. The summed E-state index contributed by atoms with van der Waals surface area (Å²) < 4.78 is 23.3. The van der Waals surface area contributed by atoms with E-state index in [1.807, 2.05) is 31.2 Å². The lowest BCUT2D eigenvalue weighted by Crippen LogP contribution is -2.60. The van der Waals surface area contributed by atoms with Crippen LogP contribution in [0.4, 0.5) is 0 Å². The summed E-state index contributed by atoms with van der Waals surface area (Å²) in [6.07, 6.45) is 5.24. The van der Waals surface area contributed by atoms with Gasteiger partial charge in [-0.05, 0) is 32.1 Å². The number of carbonyl (C=O) groups excluding carboxylic acids is 2. The van der Waals surface area contributed by atoms with Crippen molar-refractivity contribution in [3.63, 3.8) is 0 Å². The van der Waals surface area contributed by atoms with Gasteiger partial charge in [-0.3, -0.25) is 9.59 Å². The number of nitrogens with one attached hydrogen (secondary N) is 1. The number of allylic oxidation sites excluding steroid dienone is 12. The highest BCUT2D eigenvalue weighted by molar-refractivity contribution is 5.80. The number of fused-ring (bicyclic) bond motifs is 2. The van der Waals surface area contributed by atoms with E-state index in [0.717, 1.165) is 0 Å². The van der Waals surface area contributed by atoms with Gasteiger partial charge in [-0.2, -0.15) is 0 Å². The van der Waals surface area contributed by atoms with Gasteiger partial charge in [0.2, 0.25) is 5.91 Å². The van der Waals surface area contributed by atoms with Crippen LogP contribution in [-0.4, -0.2) is 179 Å². The van der Waals surface area contributed by atoms with Gasteiger partial charge in [-0.25, -0.2) is 0 Å². The van der Waals surface area contributed by atoms with E-state index in [4.69, 9.17) is 24.7 Å². The standard InChI is InChI=1S/C50H80N2O17/c1-30(2)37(28-53)52-48(64)45-41(60)27-50(65)26-35(56)23-40(59)38(57)20-19-33(54)22-34(55)24-44(62)67-32(4)21-39(58)31(3)17-15-13-11-9-7-5-6-8-10-12-14-16-18-36(25-43(45)69-50)68-49-47(63)46(51)42(61)29-66-49/h5-18,30-43,45-47,49,53-61,63,65H,19-29,51H2,1-4H3,(H,52,64)/b6-5+,9-7+,10-8+,13-11+,14-12+,17-15+,18-16+/t31-,32-,33?,34?,35?,36?,37?,38?,39-,40?,41-,42+,43-,45+,46-,47-,49-,50?/m0/s1. The molecule has 0 saturated carbocycles. The van der Waals surface area contributed by atoms with Crippen molar-refractivity contribution in [3.8, 4) is 0 Å². The molecule has 8 unspecified atom stereocenters. The molecule has 2 saturated heterocycles. The van der Waals surface area contributed by atoms with E-state index < -0.39 is 147 Å². The lowest BCUT2D eigenvalue weighted by molar-refractivity contribution is -0.304. The van der Waals surface area contributed by atoms with Crippen LogP contribution in [0.25, 0.3) is 0 Å². The second-order valence-electron chi connectivity index (χ2n) is 18.9. The number of aliphatic hydroxyl groups excluding tert-OH is 10. The maximum absolute atomic E-state index is 13.9. The molecule has 0 aromatic heterocycles. The first-order valence-corrected chi connectivity index (χ1v) is 24.0. The van der Waals surface area contributed by atoms with Gasteiger partial charge < -0.3 is 86.2 Å². The highest BCUT2D eigenvalue weighted by atomic mass is 16.7. The maximum atomic E-state index is 13.9. The Morgan fingerprint density at radius 3 is 1.93 bits per heavy atom. The first-order chi connectivity index (χ1) is 32.6. The molecule has 19 heteroatoms. The zero-order valence-corrected chi connectivity index (χ0v) is 40.2. The first kappa shape index (κ1) is 59.8. The number of rotatable bonds is 6. The van der Waals surface area contributed by atoms with Gasteiger partial charge in [0.25, 0.3) is 0 Å². The third-order valence-corrected chi connectivity index (χ3v) is 12.4. The fourth-order valence-corrected chi connectivity index (χ4v) is 8.21. The van der Waals surface area contributed by atoms with Crippen LogP contribution in [0.1, 0.15) is 85.5 Å². The number of hydrogen-bond acceptors (Lipinski definition) is 18. The van der Waals surface area contributed by atoms with E-state index in [0.29, 0.717) is 0 Å². The van der Waals surface area contributed by atoms with Crippen LogP contribution in [-0.2, 0) is 28.5 Å². The van der Waals surface area contributed by atoms with Crippen LogP contribution in [0.2, 0.25) is 0 Å². The first-order valence-electron chi connectivity index (χ1n) is 24.0. The van der Waals surface area contributed by atoms with Crippen molar-refractivity contribution in [3.05, 3.63) is 85.1 Å². The highest BCUT2D eigenvalue weighted by Crippen LogP contribution is 2.38. The van der Waals surface area contributed by atoms with Crippen LogP contribution in [0, 0.1) is 17.8 Å². The summed E-state index contributed by atoms with van der Waals surface area (Å²) in [6.45, 7) is 6.34. The Balaban J connectivity index is 1.93. The summed E-state index contributed by atoms with van der Waals surface area (Å²) >= 11 is 0. The van der Waals surface area contributed by atoms with Gasteiger partial charge in [0.05, 0.1) is 98.7 Å². The molecule has 19 nitrogen and oxygen atoms in total. The number of ether oxygens (including phenoxy) is 4. The average molecular weight is 981 g/mol. The lowest BCUT2D eigenvalue weighted by atomic mass is 9.81. The zero-order chi connectivity index (χ0) is 51.3. The molecular weight excluding hydrogens is 901 g/mol. The Morgan fingerprint density at radius 2 is 1.33 bits per heavy atom. The number of carbonyl (C=O) groups is 2. The van der Waals surface area contributed by atoms with E-state index in [1.165, 1.54) is 0 Å². The minimum Gasteiger partial charge on any atom is -0.462 e. The van der Waals surface area contributed by atoms with Crippen molar-refractivity contribution in [2.75, 3.05) is 13.2 Å². The van der Waals surface area contributed by atoms with Crippen molar-refractivity contribution in [2.45, 2.75) is 183 Å². The molecule has 14 N–H and O–H groups in total. The molecule has 2 fully saturated rings. The van der Waals surface area contributed by atoms with Gasteiger partial charge in [0.15, 0.2) is 12.1 Å². The summed E-state index contributed by atoms with van der Waals surface area (Å²) in [4.78, 5) is 26.4. The van der Waals surface area contributed by atoms with Gasteiger partial charge in [-0.1, -0.05) is 106 Å². The van der Waals surface area contributed by atoms with E-state index in [-0.39, 0.29) is 50.5 Å². The highest BCUT2D eigenvalue weighted by Gasteiger charge is 2.51. The van der Waals surface area contributed by atoms with Crippen molar-refractivity contribution in [2.24, 2.45) is 23.5 Å². The molecular formula is C50H80N2O17. The monoisotopic (exact) mass is 981 g/mol. The van der Waals surface area contributed by atoms with Gasteiger partial charge in [0, 0.05) is 38.0 Å². The molecule has 0 aromatic rings. The van der Waals surface area contributed by atoms with Crippen LogP contribution in [0.3, 0.4) is 0 Å². The SMILES string of the molecule is CC(C)C(CO)NC(=O)[C@H]1[C@@H]2CC(O[C@@H]3OC[C@@H](O)[C@H](N)[C@@H]3O)/C=C/C=C/C=C/C=C/C=C/C=C/C=C/[C@H](C)[C@@H](O)C[C@H](C)OC(=O)CC(O)CC(O)CCC(O)C(O)CC(O)CC(O)(C[C@@H]1O)O2. The smallest absolute Gasteiger partial charge is 0.308 e. The normalized spacial score (nSPS) is 41.9. The van der Waals surface area contributed by atoms with Crippen molar-refractivity contribution in [1.82, 2.24) is 5.32 Å². The van der Waals surface area contributed by atoms with Gasteiger partial charge in [0.1, 0.15) is 12.2 Å². The fraction of sp³-hybridized carbons (Fsp3) is 0.680. The Bertz CT molecular complexity index is 1740. The Morgan fingerprint density at radius 1 is 0.739 bits per heavy atom. The Labute approximate surface area is 405 Å². The third kappa shape index (κ3) is 21.4. The van der Waals surface area contributed by atoms with E-state index >= 15 is 0 Å². The van der Waals surface area contributed by atoms with Crippen molar-refractivity contribution >= 4 is 11.9 Å². The quantitative estimate of drug-likeness (QED) is 0.157. The summed E-state index contributed by atoms with van der Waals surface area (Å²) in [6, 6.07) is -1.83. The van der Waals surface area contributed by atoms with Gasteiger partial charge in [-0.15, -0.1) is 0 Å². The molecule has 69 heavy (non-hydrogen) atoms. The summed E-state index contributed by atoms with van der Waals surface area (Å²) in [5, 5.41) is 122. The van der Waals surface area contributed by atoms with Gasteiger partial charge >= 0.3 is 5.97 Å². The summed E-state index contributed by atoms with van der Waals surface area (Å²) in [5.74, 6) is -5.57. The largest absolute Gasteiger partial charge is 0.462 e. The van der Waals surface area contributed by atoms with Crippen molar-refractivity contribution in [1.29, 1.82) is 0 Å². The predicted octanol–water partition coefficient (Wildman–Crippen LogP) is 0.126. The summed E-state index contributed by atoms with van der Waals surface area (Å²) in [5.41, 5.74) is 6.01. The molecule has 392 valence electrons. The molecule has 0 aliphatic carbocycles. The molecule has 3 heterocycles. The van der Waals surface area contributed by atoms with Crippen molar-refractivity contribution < 1.29 is 84.7 Å². The second-order valence-corrected chi connectivity index (χ2v) is 18.9. The topological polar surface area (TPSA) is 332 Å². The zero-order valence-electron chi connectivity index (χ0n) is 40.2. The molecule has 1 amide bonds. The van der Waals surface area contributed by atoms with Crippen LogP contribution in [0.15, 0.2) is 85.1 Å². The number of esters is 1. The Hall–Kier alpha value is -3.48. The lowest BCUT2D eigenvalue weighted by Gasteiger charge is -2.46. The number of aliphatic hydroxyl groups is 11. The maximum Gasteiger partial charge on any atom is 0.308 e. The molecule has 0 spiro atoms. The second kappa shape index (κ2) is 30.4. The average Bonchev–Trinajstić information content (AvgIpc) is 3.26. The number of hydrogen-bond donors (Lipinski definition) is 13. The predicted molar refractivity (Wildman–Crippen MR) is 254 cm³/mol. The molecule has 3 aliphatic heterocycles. The minimum atomic E-state index is -2.30. The molecule has 3 aliphatic rings. The fourth-order valence-electron chi connectivity index (χ4n) is 8.21. The molecule has 3 rings (SSSR count). The third-order valence-electron chi connectivity index (χ3n) is 12.4. The molecule has 0 radical (unpaired) electrons. The van der Waals surface area contributed by atoms with Crippen LogP contribution < -0.4 is 11.1 Å². The number of nitrogens with two attached hydrogens (primary N) is 1. The van der Waals surface area contributed by atoms with E-state index in [1.54, 1.807) is 81.5 Å². The Kier molecular flexibility index (Phi) is 26.4. The van der Waals surface area contributed by atoms with E-state index in [2.05, 4.69) is 5.32 Å². The summed E-state index contributed by atoms with van der Waals surface area (Å²) in [7, 11) is 0.